The summed E-state index contributed by atoms with van der Waals surface area (Å²) in [5.74, 6) is -0.0534. The van der Waals surface area contributed by atoms with Crippen LogP contribution in [0.25, 0.3) is 0 Å². The fourth-order valence-electron chi connectivity index (χ4n) is 1.20. The summed E-state index contributed by atoms with van der Waals surface area (Å²) in [6, 6.07) is 9.72. The number of carbonyl (C=O) groups is 1. The van der Waals surface area contributed by atoms with Crippen LogP contribution < -0.4 is 16.2 Å². The predicted molar refractivity (Wildman–Crippen MR) is 54.3 cm³/mol. The minimum Gasteiger partial charge on any atom is -0.347 e. The maximum Gasteiger partial charge on any atom is 0.246 e. The van der Waals surface area contributed by atoms with Crippen LogP contribution in [0.4, 0.5) is 5.69 Å². The number of hydrogen-bond donors (Lipinski definition) is 3. The van der Waals surface area contributed by atoms with E-state index in [-0.39, 0.29) is 5.91 Å². The molecule has 4 heteroatoms. The van der Waals surface area contributed by atoms with Gasteiger partial charge in [0.1, 0.15) is 0 Å². The molecule has 0 saturated heterocycles. The van der Waals surface area contributed by atoms with Crippen molar-refractivity contribution in [2.75, 3.05) is 12.0 Å². The van der Waals surface area contributed by atoms with E-state index in [1.165, 1.54) is 6.08 Å². The average molecular weight is 189 g/mol. The first kappa shape index (κ1) is 8.62. The highest BCUT2D eigenvalue weighted by molar-refractivity contribution is 5.90. The molecular formula is C10H11N3O. The highest BCUT2D eigenvalue weighted by atomic mass is 16.1. The molecular weight excluding hydrogens is 178 g/mol. The molecule has 0 radical (unpaired) electrons. The zero-order chi connectivity index (χ0) is 9.80. The number of hydrogen-bond acceptors (Lipinski definition) is 3. The fraction of sp³-hybridized carbons (Fsp3) is 0.100. The molecule has 1 aliphatic rings. The standard InChI is InChI=1S/C10H11N3O/c14-10-6-9(7-11-10)13-12-8-4-2-1-3-5-8/h1-6,12-13H,7H2,(H,11,14). The topological polar surface area (TPSA) is 53.2 Å². The van der Waals surface area contributed by atoms with Gasteiger partial charge >= 0.3 is 0 Å². The lowest BCUT2D eigenvalue weighted by atomic mass is 10.3. The van der Waals surface area contributed by atoms with Gasteiger partial charge in [0, 0.05) is 6.08 Å². The van der Waals surface area contributed by atoms with Crippen LogP contribution in [0, 0.1) is 0 Å². The molecule has 14 heavy (non-hydrogen) atoms. The number of amides is 1. The van der Waals surface area contributed by atoms with Crippen LogP contribution in [-0.4, -0.2) is 12.5 Å². The third kappa shape index (κ3) is 2.04. The SMILES string of the molecule is O=C1C=C(NNc2ccccc2)CN1. The van der Waals surface area contributed by atoms with Gasteiger partial charge in [0.25, 0.3) is 0 Å². The van der Waals surface area contributed by atoms with Crippen LogP contribution in [0.3, 0.4) is 0 Å². The summed E-state index contributed by atoms with van der Waals surface area (Å²) in [4.78, 5) is 10.8. The van der Waals surface area contributed by atoms with E-state index in [9.17, 15) is 4.79 Å². The van der Waals surface area contributed by atoms with Crippen LogP contribution in [0.15, 0.2) is 42.1 Å². The molecule has 0 fully saturated rings. The Morgan fingerprint density at radius 3 is 2.57 bits per heavy atom. The van der Waals surface area contributed by atoms with Gasteiger partial charge in [0.15, 0.2) is 0 Å². The molecule has 1 aromatic carbocycles. The molecule has 0 aromatic heterocycles. The first-order chi connectivity index (χ1) is 6.84. The molecule has 0 aliphatic carbocycles. The maximum atomic E-state index is 10.8. The van der Waals surface area contributed by atoms with Crippen molar-refractivity contribution in [2.45, 2.75) is 0 Å². The van der Waals surface area contributed by atoms with Crippen molar-refractivity contribution in [2.24, 2.45) is 0 Å². The lowest BCUT2D eigenvalue weighted by molar-refractivity contribution is -0.115. The van der Waals surface area contributed by atoms with Gasteiger partial charge in [0.05, 0.1) is 17.9 Å². The summed E-state index contributed by atoms with van der Waals surface area (Å²) in [7, 11) is 0. The summed E-state index contributed by atoms with van der Waals surface area (Å²) in [6.45, 7) is 0.554. The predicted octanol–water partition coefficient (Wildman–Crippen LogP) is 0.617. The molecule has 0 atom stereocenters. The third-order valence-corrected chi connectivity index (χ3v) is 1.90. The van der Waals surface area contributed by atoms with Crippen molar-refractivity contribution in [3.63, 3.8) is 0 Å². The Labute approximate surface area is 82.0 Å². The van der Waals surface area contributed by atoms with Crippen molar-refractivity contribution in [1.29, 1.82) is 0 Å². The second-order valence-electron chi connectivity index (χ2n) is 3.00. The van der Waals surface area contributed by atoms with Crippen LogP contribution in [0.1, 0.15) is 0 Å². The van der Waals surface area contributed by atoms with E-state index in [1.807, 2.05) is 30.3 Å². The smallest absolute Gasteiger partial charge is 0.246 e. The number of para-hydroxylation sites is 1. The van der Waals surface area contributed by atoms with Gasteiger partial charge in [-0.05, 0) is 12.1 Å². The molecule has 1 heterocycles. The molecule has 0 unspecified atom stereocenters. The number of carbonyl (C=O) groups excluding carboxylic acids is 1. The number of nitrogens with one attached hydrogen (secondary N) is 3. The summed E-state index contributed by atoms with van der Waals surface area (Å²) >= 11 is 0. The number of rotatable bonds is 3. The van der Waals surface area contributed by atoms with Crippen molar-refractivity contribution < 1.29 is 4.79 Å². The van der Waals surface area contributed by atoms with Gasteiger partial charge in [-0.3, -0.25) is 4.79 Å². The lowest BCUT2D eigenvalue weighted by Gasteiger charge is -2.08. The van der Waals surface area contributed by atoms with E-state index in [1.54, 1.807) is 0 Å². The number of hydrazine groups is 1. The van der Waals surface area contributed by atoms with Crippen LogP contribution in [0.2, 0.25) is 0 Å². The minimum atomic E-state index is -0.0534. The molecule has 0 saturated carbocycles. The zero-order valence-corrected chi connectivity index (χ0v) is 7.58. The lowest BCUT2D eigenvalue weighted by Crippen LogP contribution is -2.24. The summed E-state index contributed by atoms with van der Waals surface area (Å²) in [6.07, 6.45) is 1.54. The normalized spacial score (nSPS) is 14.6. The Balaban J connectivity index is 1.89. The van der Waals surface area contributed by atoms with Crippen LogP contribution >= 0.6 is 0 Å². The average Bonchev–Trinajstić information content (AvgIpc) is 2.63. The van der Waals surface area contributed by atoms with Crippen molar-refractivity contribution >= 4 is 11.6 Å². The monoisotopic (exact) mass is 189 g/mol. The van der Waals surface area contributed by atoms with Crippen molar-refractivity contribution in [1.82, 2.24) is 10.7 Å². The van der Waals surface area contributed by atoms with E-state index in [0.717, 1.165) is 11.4 Å². The molecule has 1 aliphatic heterocycles. The molecule has 4 nitrogen and oxygen atoms in total. The first-order valence-electron chi connectivity index (χ1n) is 4.40. The van der Waals surface area contributed by atoms with Gasteiger partial charge in [-0.2, -0.15) is 0 Å². The highest BCUT2D eigenvalue weighted by Gasteiger charge is 2.09. The molecule has 1 aromatic rings. The Kier molecular flexibility index (Phi) is 2.36. The Morgan fingerprint density at radius 2 is 1.93 bits per heavy atom. The van der Waals surface area contributed by atoms with Gasteiger partial charge < -0.3 is 16.2 Å². The molecule has 3 N–H and O–H groups in total. The van der Waals surface area contributed by atoms with Crippen LogP contribution in [-0.2, 0) is 4.79 Å². The molecule has 0 bridgehead atoms. The third-order valence-electron chi connectivity index (χ3n) is 1.90. The quantitative estimate of drug-likeness (QED) is 0.611. The second-order valence-corrected chi connectivity index (χ2v) is 3.00. The zero-order valence-electron chi connectivity index (χ0n) is 7.58. The molecule has 2 rings (SSSR count). The second kappa shape index (κ2) is 3.83. The van der Waals surface area contributed by atoms with E-state index in [2.05, 4.69) is 16.2 Å². The Bertz CT molecular complexity index is 359. The maximum absolute atomic E-state index is 10.8. The summed E-state index contributed by atoms with van der Waals surface area (Å²) in [5, 5.41) is 2.67. The number of anilines is 1. The number of benzene rings is 1. The summed E-state index contributed by atoms with van der Waals surface area (Å²) in [5.41, 5.74) is 7.76. The largest absolute Gasteiger partial charge is 0.347 e. The van der Waals surface area contributed by atoms with Gasteiger partial charge in [0.2, 0.25) is 5.91 Å². The van der Waals surface area contributed by atoms with Gasteiger partial charge in [-0.1, -0.05) is 18.2 Å². The van der Waals surface area contributed by atoms with E-state index < -0.39 is 0 Å². The Hall–Kier alpha value is -1.97. The van der Waals surface area contributed by atoms with E-state index in [4.69, 9.17) is 0 Å². The molecule has 0 spiro atoms. The highest BCUT2D eigenvalue weighted by Crippen LogP contribution is 2.04. The van der Waals surface area contributed by atoms with E-state index >= 15 is 0 Å². The molecule has 1 amide bonds. The van der Waals surface area contributed by atoms with Crippen molar-refractivity contribution in [3.05, 3.63) is 42.1 Å². The fourth-order valence-corrected chi connectivity index (χ4v) is 1.20. The van der Waals surface area contributed by atoms with E-state index in [0.29, 0.717) is 6.54 Å². The minimum absolute atomic E-state index is 0.0534. The van der Waals surface area contributed by atoms with Gasteiger partial charge in [-0.25, -0.2) is 0 Å². The molecule has 72 valence electrons. The van der Waals surface area contributed by atoms with Crippen molar-refractivity contribution in [3.8, 4) is 0 Å². The Morgan fingerprint density at radius 1 is 1.14 bits per heavy atom. The van der Waals surface area contributed by atoms with Gasteiger partial charge in [-0.15, -0.1) is 0 Å². The van der Waals surface area contributed by atoms with Crippen LogP contribution in [0.5, 0.6) is 0 Å². The summed E-state index contributed by atoms with van der Waals surface area (Å²) < 4.78 is 0. The first-order valence-corrected chi connectivity index (χ1v) is 4.40.